The summed E-state index contributed by atoms with van der Waals surface area (Å²) >= 11 is 0. The number of hydrogen-bond donors (Lipinski definition) is 1. The highest BCUT2D eigenvalue weighted by atomic mass is 16.3. The molecule has 1 rings (SSSR count). The van der Waals surface area contributed by atoms with Crippen LogP contribution in [0.1, 0.15) is 6.92 Å². The van der Waals surface area contributed by atoms with Gasteiger partial charge in [0.2, 0.25) is 0 Å². The van der Waals surface area contributed by atoms with Gasteiger partial charge in [0, 0.05) is 6.21 Å². The third kappa shape index (κ3) is 0.793. The Bertz CT molecular complexity index is 125. The zero-order valence-electron chi connectivity index (χ0n) is 4.83. The van der Waals surface area contributed by atoms with Gasteiger partial charge in [-0.1, -0.05) is 6.08 Å². The van der Waals surface area contributed by atoms with Crippen LogP contribution in [0.5, 0.6) is 0 Å². The van der Waals surface area contributed by atoms with Gasteiger partial charge in [-0.05, 0) is 13.0 Å². The normalized spacial score (nSPS) is 34.2. The van der Waals surface area contributed by atoms with Crippen molar-refractivity contribution < 1.29 is 5.11 Å². The molecule has 0 saturated carbocycles. The van der Waals surface area contributed by atoms with Gasteiger partial charge in [0.1, 0.15) is 0 Å². The van der Waals surface area contributed by atoms with E-state index < -0.39 is 0 Å². The molecule has 0 aromatic carbocycles. The summed E-state index contributed by atoms with van der Waals surface area (Å²) in [4.78, 5) is 4.00. The fourth-order valence-electron chi connectivity index (χ4n) is 0.600. The van der Waals surface area contributed by atoms with Gasteiger partial charge in [0.15, 0.2) is 0 Å². The van der Waals surface area contributed by atoms with Gasteiger partial charge in [0.25, 0.3) is 0 Å². The Kier molecular flexibility index (Phi) is 1.18. The maximum atomic E-state index is 8.66. The minimum Gasteiger partial charge on any atom is -0.394 e. The molecular weight excluding hydrogens is 102 g/mol. The van der Waals surface area contributed by atoms with Gasteiger partial charge in [-0.15, -0.1) is 0 Å². The van der Waals surface area contributed by atoms with Crippen molar-refractivity contribution in [1.29, 1.82) is 0 Å². The predicted octanol–water partition coefficient (Wildman–Crippen LogP) is 0.378. The summed E-state index contributed by atoms with van der Waals surface area (Å²) in [6.45, 7) is 1.98. The first-order chi connectivity index (χ1) is 3.77. The summed E-state index contributed by atoms with van der Waals surface area (Å²) in [6.07, 6.45) is 5.43. The number of hydrogen-bond acceptors (Lipinski definition) is 2. The number of allylic oxidation sites excluding steroid dienone is 1. The summed E-state index contributed by atoms with van der Waals surface area (Å²) < 4.78 is 0. The number of aliphatic hydroxyl groups excluding tert-OH is 1. The first-order valence-corrected chi connectivity index (χ1v) is 2.61. The van der Waals surface area contributed by atoms with Gasteiger partial charge in [0.05, 0.1) is 12.1 Å². The van der Waals surface area contributed by atoms with E-state index >= 15 is 0 Å². The minimum absolute atomic E-state index is 0.0972. The lowest BCUT2D eigenvalue weighted by Crippen LogP contribution is -2.21. The lowest BCUT2D eigenvalue weighted by atomic mass is 10.1. The Balaban J connectivity index is 2.69. The summed E-state index contributed by atoms with van der Waals surface area (Å²) in [6, 6.07) is 0. The van der Waals surface area contributed by atoms with E-state index in [2.05, 4.69) is 4.99 Å². The van der Waals surface area contributed by atoms with Crippen LogP contribution < -0.4 is 0 Å². The molecule has 0 fully saturated rings. The van der Waals surface area contributed by atoms with Crippen LogP contribution in [-0.2, 0) is 0 Å². The second kappa shape index (κ2) is 1.71. The third-order valence-corrected chi connectivity index (χ3v) is 1.23. The third-order valence-electron chi connectivity index (χ3n) is 1.23. The van der Waals surface area contributed by atoms with Crippen LogP contribution in [-0.4, -0.2) is 23.5 Å². The maximum absolute atomic E-state index is 8.66. The van der Waals surface area contributed by atoms with Crippen LogP contribution in [0.15, 0.2) is 17.1 Å². The smallest absolute Gasteiger partial charge is 0.0992 e. The fraction of sp³-hybridized carbons (Fsp3) is 0.500. The average Bonchev–Trinajstić information content (AvgIpc) is 2.17. The van der Waals surface area contributed by atoms with Crippen molar-refractivity contribution in [3.8, 4) is 0 Å². The van der Waals surface area contributed by atoms with E-state index in [4.69, 9.17) is 5.11 Å². The maximum Gasteiger partial charge on any atom is 0.0992 e. The molecule has 1 N–H and O–H groups in total. The number of nitrogens with zero attached hydrogens (tertiary/aromatic N) is 1. The van der Waals surface area contributed by atoms with Crippen LogP contribution in [0.3, 0.4) is 0 Å². The van der Waals surface area contributed by atoms with E-state index in [1.165, 1.54) is 0 Å². The first-order valence-electron chi connectivity index (χ1n) is 2.61. The molecule has 0 aromatic rings. The monoisotopic (exact) mass is 111 g/mol. The standard InChI is InChI=1S/C6H9NO/c1-6(5-8)3-2-4-7-6/h2-4,8H,5H2,1H3/t6-/m0/s1. The molecule has 0 aromatic heterocycles. The molecule has 1 atom stereocenters. The van der Waals surface area contributed by atoms with Crippen molar-refractivity contribution in [3.05, 3.63) is 12.2 Å². The molecule has 0 amide bonds. The SMILES string of the molecule is C[C@@]1(CO)C=CC=N1. The van der Waals surface area contributed by atoms with Crippen LogP contribution in [0, 0.1) is 0 Å². The van der Waals surface area contributed by atoms with E-state index in [0.29, 0.717) is 0 Å². The highest BCUT2D eigenvalue weighted by Gasteiger charge is 2.18. The second-order valence-electron chi connectivity index (χ2n) is 2.15. The molecule has 2 nitrogen and oxygen atoms in total. The lowest BCUT2D eigenvalue weighted by Gasteiger charge is -2.12. The molecule has 0 radical (unpaired) electrons. The van der Waals surface area contributed by atoms with E-state index in [9.17, 15) is 0 Å². The molecule has 1 aliphatic rings. The highest BCUT2D eigenvalue weighted by Crippen LogP contribution is 2.13. The van der Waals surface area contributed by atoms with Crippen molar-refractivity contribution in [2.45, 2.75) is 12.5 Å². The van der Waals surface area contributed by atoms with Crippen molar-refractivity contribution in [2.75, 3.05) is 6.61 Å². The molecule has 0 unspecified atom stereocenters. The molecule has 44 valence electrons. The number of aliphatic hydroxyl groups is 1. The topological polar surface area (TPSA) is 32.6 Å². The van der Waals surface area contributed by atoms with Crippen LogP contribution in [0.25, 0.3) is 0 Å². The van der Waals surface area contributed by atoms with Crippen molar-refractivity contribution in [3.63, 3.8) is 0 Å². The summed E-state index contributed by atoms with van der Waals surface area (Å²) in [7, 11) is 0. The fourth-order valence-corrected chi connectivity index (χ4v) is 0.600. The van der Waals surface area contributed by atoms with E-state index in [1.54, 1.807) is 6.21 Å². The summed E-state index contributed by atoms with van der Waals surface area (Å²) in [5.74, 6) is 0. The zero-order valence-corrected chi connectivity index (χ0v) is 4.83. The second-order valence-corrected chi connectivity index (χ2v) is 2.15. The largest absolute Gasteiger partial charge is 0.394 e. The Morgan fingerprint density at radius 1 is 1.75 bits per heavy atom. The molecule has 0 bridgehead atoms. The Labute approximate surface area is 48.6 Å². The molecule has 1 heterocycles. The molecule has 0 spiro atoms. The molecule has 0 aliphatic carbocycles. The number of aliphatic imine (C=N–C) groups is 1. The van der Waals surface area contributed by atoms with Crippen molar-refractivity contribution in [1.82, 2.24) is 0 Å². The lowest BCUT2D eigenvalue weighted by molar-refractivity contribution is 0.241. The molecule has 1 aliphatic heterocycles. The van der Waals surface area contributed by atoms with E-state index in [0.717, 1.165) is 0 Å². The Morgan fingerprint density at radius 3 is 2.75 bits per heavy atom. The highest BCUT2D eigenvalue weighted by molar-refractivity contribution is 5.75. The van der Waals surface area contributed by atoms with Gasteiger partial charge in [-0.3, -0.25) is 4.99 Å². The van der Waals surface area contributed by atoms with Gasteiger partial charge in [-0.2, -0.15) is 0 Å². The Hall–Kier alpha value is -0.630. The molecular formula is C6H9NO. The van der Waals surface area contributed by atoms with Gasteiger partial charge in [-0.25, -0.2) is 0 Å². The molecule has 2 heteroatoms. The average molecular weight is 111 g/mol. The predicted molar refractivity (Wildman–Crippen MR) is 33.1 cm³/mol. The van der Waals surface area contributed by atoms with Gasteiger partial charge < -0.3 is 5.11 Å². The van der Waals surface area contributed by atoms with Gasteiger partial charge >= 0.3 is 0 Å². The zero-order chi connectivity index (χ0) is 6.04. The van der Waals surface area contributed by atoms with Crippen LogP contribution in [0.2, 0.25) is 0 Å². The number of rotatable bonds is 1. The quantitative estimate of drug-likeness (QED) is 0.521. The van der Waals surface area contributed by atoms with Crippen molar-refractivity contribution >= 4 is 6.21 Å². The molecule has 8 heavy (non-hydrogen) atoms. The minimum atomic E-state index is -0.319. The first kappa shape index (κ1) is 5.51. The van der Waals surface area contributed by atoms with E-state index in [-0.39, 0.29) is 12.1 Å². The molecule has 0 saturated heterocycles. The Morgan fingerprint density at radius 2 is 2.50 bits per heavy atom. The van der Waals surface area contributed by atoms with Crippen LogP contribution in [0.4, 0.5) is 0 Å². The summed E-state index contributed by atoms with van der Waals surface area (Å²) in [5.41, 5.74) is -0.319. The van der Waals surface area contributed by atoms with Crippen molar-refractivity contribution in [2.24, 2.45) is 4.99 Å². The van der Waals surface area contributed by atoms with E-state index in [1.807, 2.05) is 19.1 Å². The summed E-state index contributed by atoms with van der Waals surface area (Å²) in [5, 5.41) is 8.66. The van der Waals surface area contributed by atoms with Crippen LogP contribution >= 0.6 is 0 Å².